The van der Waals surface area contributed by atoms with Gasteiger partial charge in [0.1, 0.15) is 6.26 Å². The van der Waals surface area contributed by atoms with Crippen molar-refractivity contribution < 1.29 is 4.84 Å². The van der Waals surface area contributed by atoms with E-state index < -0.39 is 0 Å². The Morgan fingerprint density at radius 3 is 2.78 bits per heavy atom. The van der Waals surface area contributed by atoms with E-state index in [0.717, 1.165) is 13.0 Å². The van der Waals surface area contributed by atoms with E-state index in [9.17, 15) is 0 Å². The van der Waals surface area contributed by atoms with Gasteiger partial charge in [-0.15, -0.1) is 5.48 Å². The quantitative estimate of drug-likeness (QED) is 0.720. The lowest BCUT2D eigenvalue weighted by atomic mass is 9.95. The Kier molecular flexibility index (Phi) is 4.81. The number of rotatable bonds is 8. The van der Waals surface area contributed by atoms with Gasteiger partial charge in [-0.2, -0.15) is 0 Å². The number of hydroxylamine groups is 1. The van der Waals surface area contributed by atoms with Gasteiger partial charge in [-0.3, -0.25) is 0 Å². The molecular weight excluding hydrogens is 226 g/mol. The van der Waals surface area contributed by atoms with E-state index in [4.69, 9.17) is 4.84 Å². The van der Waals surface area contributed by atoms with Crippen LogP contribution in [0.1, 0.15) is 45.4 Å². The van der Waals surface area contributed by atoms with Crippen LogP contribution in [-0.2, 0) is 11.4 Å². The molecule has 1 aliphatic rings. The van der Waals surface area contributed by atoms with E-state index in [1.807, 2.05) is 18.7 Å². The molecule has 18 heavy (non-hydrogen) atoms. The zero-order valence-electron chi connectivity index (χ0n) is 11.1. The molecule has 4 nitrogen and oxygen atoms in total. The molecule has 100 valence electrons. The van der Waals surface area contributed by atoms with Crippen molar-refractivity contribution in [3.63, 3.8) is 0 Å². The third-order valence-corrected chi connectivity index (χ3v) is 3.47. The van der Waals surface area contributed by atoms with Crippen LogP contribution in [0, 0.1) is 0 Å². The number of aromatic nitrogens is 2. The highest BCUT2D eigenvalue weighted by Gasteiger charge is 2.24. The van der Waals surface area contributed by atoms with Crippen LogP contribution in [-0.4, -0.2) is 15.1 Å². The first-order chi connectivity index (χ1) is 8.79. The minimum atomic E-state index is 0.0524. The summed E-state index contributed by atoms with van der Waals surface area (Å²) in [5.41, 5.74) is 3.08. The number of hydrogen-bond donors (Lipinski definition) is 1. The molecule has 0 saturated heterocycles. The molecule has 1 N–H and O–H groups in total. The molecule has 0 spiro atoms. The van der Waals surface area contributed by atoms with Gasteiger partial charge in [0.25, 0.3) is 0 Å². The Balaban J connectivity index is 1.45. The molecule has 0 aliphatic carbocycles. The summed E-state index contributed by atoms with van der Waals surface area (Å²) in [6.45, 7) is 3.27. The SMILES string of the molecule is CC1(CCCCCCCn2ccnc2)C=CON1. The second-order valence-electron chi connectivity index (χ2n) is 5.26. The summed E-state index contributed by atoms with van der Waals surface area (Å²) in [5.74, 6) is 0. The second-order valence-corrected chi connectivity index (χ2v) is 5.26. The minimum Gasteiger partial charge on any atom is -0.416 e. The number of imidazole rings is 1. The van der Waals surface area contributed by atoms with Gasteiger partial charge in [-0.25, -0.2) is 4.98 Å². The summed E-state index contributed by atoms with van der Waals surface area (Å²) in [7, 11) is 0. The van der Waals surface area contributed by atoms with E-state index in [1.54, 1.807) is 6.26 Å². The van der Waals surface area contributed by atoms with Gasteiger partial charge in [-0.05, 0) is 25.8 Å². The fourth-order valence-electron chi connectivity index (χ4n) is 2.26. The van der Waals surface area contributed by atoms with Gasteiger partial charge in [0.15, 0.2) is 0 Å². The van der Waals surface area contributed by atoms with Gasteiger partial charge in [-0.1, -0.05) is 25.7 Å². The molecule has 0 bridgehead atoms. The molecule has 0 fully saturated rings. The van der Waals surface area contributed by atoms with Crippen molar-refractivity contribution in [2.75, 3.05) is 0 Å². The van der Waals surface area contributed by atoms with Crippen LogP contribution in [0.2, 0.25) is 0 Å². The predicted octanol–water partition coefficient (Wildman–Crippen LogP) is 3.03. The van der Waals surface area contributed by atoms with Gasteiger partial charge >= 0.3 is 0 Å². The van der Waals surface area contributed by atoms with Crippen LogP contribution < -0.4 is 5.48 Å². The Morgan fingerprint density at radius 1 is 1.22 bits per heavy atom. The first-order valence-electron chi connectivity index (χ1n) is 6.85. The number of nitrogens with zero attached hydrogens (tertiary/aromatic N) is 2. The molecule has 0 amide bonds. The van der Waals surface area contributed by atoms with Crippen molar-refractivity contribution in [3.05, 3.63) is 31.1 Å². The molecule has 1 atom stereocenters. The van der Waals surface area contributed by atoms with Gasteiger partial charge in [0.05, 0.1) is 11.9 Å². The Bertz CT molecular complexity index is 361. The van der Waals surface area contributed by atoms with Crippen LogP contribution in [0.25, 0.3) is 0 Å². The fraction of sp³-hybridized carbons (Fsp3) is 0.643. The average molecular weight is 249 g/mol. The van der Waals surface area contributed by atoms with E-state index in [1.165, 1.54) is 32.1 Å². The topological polar surface area (TPSA) is 39.1 Å². The van der Waals surface area contributed by atoms with E-state index in [-0.39, 0.29) is 5.54 Å². The van der Waals surface area contributed by atoms with E-state index >= 15 is 0 Å². The minimum absolute atomic E-state index is 0.0524. The standard InChI is InChI=1S/C14H23N3O/c1-14(8-12-18-16-14)7-5-3-2-4-6-10-17-11-9-15-13-17/h8-9,11-13,16H,2-7,10H2,1H3. The van der Waals surface area contributed by atoms with Crippen LogP contribution in [0.5, 0.6) is 0 Å². The largest absolute Gasteiger partial charge is 0.416 e. The molecule has 4 heteroatoms. The Labute approximate surface area is 109 Å². The number of hydrogen-bond acceptors (Lipinski definition) is 3. The van der Waals surface area contributed by atoms with Crippen LogP contribution in [0.15, 0.2) is 31.1 Å². The lowest BCUT2D eigenvalue weighted by Crippen LogP contribution is -2.35. The third kappa shape index (κ3) is 4.18. The Morgan fingerprint density at radius 2 is 2.06 bits per heavy atom. The molecule has 1 aromatic heterocycles. The summed E-state index contributed by atoms with van der Waals surface area (Å²) in [6, 6.07) is 0. The molecule has 0 aromatic carbocycles. The van der Waals surface area contributed by atoms with E-state index in [0.29, 0.717) is 0 Å². The normalized spacial score (nSPS) is 22.3. The third-order valence-electron chi connectivity index (χ3n) is 3.47. The summed E-state index contributed by atoms with van der Waals surface area (Å²) >= 11 is 0. The predicted molar refractivity (Wildman–Crippen MR) is 71.7 cm³/mol. The lowest BCUT2D eigenvalue weighted by Gasteiger charge is -2.20. The summed E-state index contributed by atoms with van der Waals surface area (Å²) in [5, 5.41) is 0. The summed E-state index contributed by atoms with van der Waals surface area (Å²) in [6.07, 6.45) is 17.2. The fourth-order valence-corrected chi connectivity index (χ4v) is 2.26. The molecule has 1 aromatic rings. The van der Waals surface area contributed by atoms with Crippen LogP contribution in [0.4, 0.5) is 0 Å². The zero-order valence-corrected chi connectivity index (χ0v) is 11.1. The number of nitrogens with one attached hydrogen (secondary N) is 1. The van der Waals surface area contributed by atoms with Gasteiger partial charge in [0, 0.05) is 18.9 Å². The van der Waals surface area contributed by atoms with E-state index in [2.05, 4.69) is 28.0 Å². The zero-order chi connectivity index (χ0) is 12.7. The van der Waals surface area contributed by atoms with Crippen molar-refractivity contribution >= 4 is 0 Å². The molecular formula is C14H23N3O. The van der Waals surface area contributed by atoms with Crippen LogP contribution >= 0.6 is 0 Å². The van der Waals surface area contributed by atoms with Crippen molar-refractivity contribution in [2.45, 2.75) is 57.5 Å². The molecule has 1 unspecified atom stereocenters. The molecule has 0 saturated carbocycles. The Hall–Kier alpha value is -1.29. The highest BCUT2D eigenvalue weighted by atomic mass is 16.6. The average Bonchev–Trinajstić information content (AvgIpc) is 3.00. The van der Waals surface area contributed by atoms with Crippen molar-refractivity contribution in [3.8, 4) is 0 Å². The summed E-state index contributed by atoms with van der Waals surface area (Å²) in [4.78, 5) is 9.10. The maximum Gasteiger partial charge on any atom is 0.109 e. The number of unbranched alkanes of at least 4 members (excludes halogenated alkanes) is 4. The van der Waals surface area contributed by atoms with Gasteiger partial charge < -0.3 is 9.40 Å². The molecule has 1 aliphatic heterocycles. The molecule has 0 radical (unpaired) electrons. The highest BCUT2D eigenvalue weighted by molar-refractivity contribution is 5.03. The summed E-state index contributed by atoms with van der Waals surface area (Å²) < 4.78 is 2.14. The van der Waals surface area contributed by atoms with Crippen molar-refractivity contribution in [1.82, 2.24) is 15.0 Å². The highest BCUT2D eigenvalue weighted by Crippen LogP contribution is 2.20. The van der Waals surface area contributed by atoms with Crippen molar-refractivity contribution in [2.24, 2.45) is 0 Å². The van der Waals surface area contributed by atoms with Crippen LogP contribution in [0.3, 0.4) is 0 Å². The van der Waals surface area contributed by atoms with Crippen molar-refractivity contribution in [1.29, 1.82) is 0 Å². The second kappa shape index (κ2) is 6.59. The number of aryl methyl sites for hydroxylation is 1. The smallest absolute Gasteiger partial charge is 0.109 e. The molecule has 2 heterocycles. The lowest BCUT2D eigenvalue weighted by molar-refractivity contribution is 0.100. The maximum absolute atomic E-state index is 5.06. The maximum atomic E-state index is 5.06. The molecule has 2 rings (SSSR count). The first kappa shape index (κ1) is 13.1. The van der Waals surface area contributed by atoms with Gasteiger partial charge in [0.2, 0.25) is 0 Å². The monoisotopic (exact) mass is 249 g/mol. The first-order valence-corrected chi connectivity index (χ1v) is 6.85.